The number of likely N-dealkylation sites (tertiary alicyclic amines) is 1. The monoisotopic (exact) mass is 425 g/mol. The van der Waals surface area contributed by atoms with Gasteiger partial charge in [0.1, 0.15) is 0 Å². The van der Waals surface area contributed by atoms with Crippen molar-refractivity contribution in [3.63, 3.8) is 0 Å². The Bertz CT molecular complexity index is 1120. The van der Waals surface area contributed by atoms with Crippen molar-refractivity contribution in [1.82, 2.24) is 24.4 Å². The van der Waals surface area contributed by atoms with Crippen LogP contribution in [0.15, 0.2) is 10.9 Å². The van der Waals surface area contributed by atoms with Gasteiger partial charge in [-0.1, -0.05) is 27.7 Å². The van der Waals surface area contributed by atoms with E-state index in [1.807, 2.05) is 31.7 Å². The first-order chi connectivity index (χ1) is 14.6. The van der Waals surface area contributed by atoms with Gasteiger partial charge in [-0.05, 0) is 31.6 Å². The molecule has 0 bridgehead atoms. The minimum atomic E-state index is -0.463. The lowest BCUT2D eigenvalue weighted by molar-refractivity contribution is -0.140. The Balaban J connectivity index is 1.46. The van der Waals surface area contributed by atoms with Crippen LogP contribution in [0.25, 0.3) is 5.65 Å². The molecule has 5 rings (SSSR count). The molecule has 4 heterocycles. The molecular weight excluding hydrogens is 394 g/mol. The third kappa shape index (κ3) is 3.36. The Labute approximate surface area is 181 Å². The van der Waals surface area contributed by atoms with Gasteiger partial charge < -0.3 is 9.80 Å². The van der Waals surface area contributed by atoms with Gasteiger partial charge >= 0.3 is 0 Å². The molecule has 0 radical (unpaired) electrons. The molecule has 2 aliphatic heterocycles. The van der Waals surface area contributed by atoms with E-state index in [-0.39, 0.29) is 29.3 Å². The normalized spacial score (nSPS) is 25.7. The first-order valence-corrected chi connectivity index (χ1v) is 11.4. The van der Waals surface area contributed by atoms with E-state index < -0.39 is 5.41 Å². The predicted molar refractivity (Wildman–Crippen MR) is 115 cm³/mol. The fourth-order valence-corrected chi connectivity index (χ4v) is 5.06. The number of nitrogens with zero attached hydrogens (tertiary/aromatic N) is 4. The number of hydrogen-bond acceptors (Lipinski definition) is 4. The number of aromatic amines is 1. The van der Waals surface area contributed by atoms with Crippen LogP contribution in [0.2, 0.25) is 0 Å². The van der Waals surface area contributed by atoms with Gasteiger partial charge in [-0.2, -0.15) is 0 Å². The highest BCUT2D eigenvalue weighted by atomic mass is 16.2. The highest BCUT2D eigenvalue weighted by Crippen LogP contribution is 2.43. The van der Waals surface area contributed by atoms with Crippen molar-refractivity contribution in [2.75, 3.05) is 13.1 Å². The summed E-state index contributed by atoms with van der Waals surface area (Å²) in [4.78, 5) is 47.3. The molecule has 3 atom stereocenters. The third-order valence-corrected chi connectivity index (χ3v) is 7.04. The van der Waals surface area contributed by atoms with E-state index in [9.17, 15) is 14.4 Å². The Kier molecular flexibility index (Phi) is 4.53. The molecule has 1 saturated heterocycles. The van der Waals surface area contributed by atoms with Crippen molar-refractivity contribution in [3.05, 3.63) is 33.4 Å². The number of aromatic nitrogens is 3. The smallest absolute Gasteiger partial charge is 0.276 e. The quantitative estimate of drug-likeness (QED) is 0.799. The van der Waals surface area contributed by atoms with Gasteiger partial charge in [0.25, 0.3) is 5.56 Å². The summed E-state index contributed by atoms with van der Waals surface area (Å²) >= 11 is 0. The van der Waals surface area contributed by atoms with E-state index in [0.717, 1.165) is 31.5 Å². The summed E-state index contributed by atoms with van der Waals surface area (Å²) in [7, 11) is 0. The van der Waals surface area contributed by atoms with Gasteiger partial charge in [0.15, 0.2) is 5.65 Å². The van der Waals surface area contributed by atoms with Crippen LogP contribution in [0.4, 0.5) is 0 Å². The minimum Gasteiger partial charge on any atom is -0.336 e. The Hall–Kier alpha value is -2.64. The molecule has 3 aliphatic rings. The van der Waals surface area contributed by atoms with Crippen molar-refractivity contribution >= 4 is 17.5 Å². The van der Waals surface area contributed by atoms with Gasteiger partial charge in [0.2, 0.25) is 11.8 Å². The summed E-state index contributed by atoms with van der Waals surface area (Å²) in [6.45, 7) is 9.52. The highest BCUT2D eigenvalue weighted by Gasteiger charge is 2.44. The summed E-state index contributed by atoms with van der Waals surface area (Å²) in [6, 6.07) is 1.87. The Morgan fingerprint density at radius 3 is 2.65 bits per heavy atom. The molecule has 8 heteroatoms. The van der Waals surface area contributed by atoms with E-state index in [0.29, 0.717) is 42.3 Å². The summed E-state index contributed by atoms with van der Waals surface area (Å²) in [5.41, 5.74) is 2.23. The SMILES string of the molecule is C[C@@H]1C[C@H]1C(=O)N1CCC[C@@H]1c1cc2nc3c(c(=O)n2[nH]1)CCN(C(=O)C(C)(C)C)C3. The first-order valence-electron chi connectivity index (χ1n) is 11.4. The number of carbonyl (C=O) groups excluding carboxylic acids is 2. The highest BCUT2D eigenvalue weighted by molar-refractivity contribution is 5.82. The largest absolute Gasteiger partial charge is 0.336 e. The van der Waals surface area contributed by atoms with Crippen LogP contribution in [-0.2, 0) is 22.6 Å². The number of fused-ring (bicyclic) bond motifs is 2. The van der Waals surface area contributed by atoms with Crippen LogP contribution in [0.3, 0.4) is 0 Å². The van der Waals surface area contributed by atoms with Crippen LogP contribution in [-0.4, -0.2) is 49.3 Å². The molecule has 0 spiro atoms. The lowest BCUT2D eigenvalue weighted by Gasteiger charge is -2.32. The topological polar surface area (TPSA) is 90.8 Å². The lowest BCUT2D eigenvalue weighted by atomic mass is 9.93. The summed E-state index contributed by atoms with van der Waals surface area (Å²) < 4.78 is 1.51. The minimum absolute atomic E-state index is 0.0302. The van der Waals surface area contributed by atoms with Crippen LogP contribution < -0.4 is 5.56 Å². The Morgan fingerprint density at radius 2 is 1.97 bits per heavy atom. The van der Waals surface area contributed by atoms with E-state index in [2.05, 4.69) is 12.0 Å². The molecular formula is C23H31N5O3. The van der Waals surface area contributed by atoms with Gasteiger partial charge in [-0.3, -0.25) is 19.5 Å². The zero-order valence-electron chi connectivity index (χ0n) is 18.8. The second-order valence-electron chi connectivity index (χ2n) is 10.5. The van der Waals surface area contributed by atoms with E-state index >= 15 is 0 Å². The summed E-state index contributed by atoms with van der Waals surface area (Å²) in [5, 5.41) is 3.24. The average Bonchev–Trinajstić information content (AvgIpc) is 3.11. The second-order valence-corrected chi connectivity index (χ2v) is 10.5. The van der Waals surface area contributed by atoms with Crippen LogP contribution >= 0.6 is 0 Å². The summed E-state index contributed by atoms with van der Waals surface area (Å²) in [5.74, 6) is 0.949. The maximum absolute atomic E-state index is 13.2. The molecule has 2 aromatic rings. The van der Waals surface area contributed by atoms with E-state index in [1.165, 1.54) is 4.52 Å². The van der Waals surface area contributed by atoms with Crippen LogP contribution in [0.5, 0.6) is 0 Å². The molecule has 0 unspecified atom stereocenters. The third-order valence-electron chi connectivity index (χ3n) is 7.04. The molecule has 2 fully saturated rings. The summed E-state index contributed by atoms with van der Waals surface area (Å²) in [6.07, 6.45) is 3.34. The van der Waals surface area contributed by atoms with E-state index in [4.69, 9.17) is 4.98 Å². The van der Waals surface area contributed by atoms with Crippen molar-refractivity contribution in [3.8, 4) is 0 Å². The average molecular weight is 426 g/mol. The number of nitrogens with one attached hydrogen (secondary N) is 1. The van der Waals surface area contributed by atoms with Crippen molar-refractivity contribution in [2.24, 2.45) is 17.3 Å². The van der Waals surface area contributed by atoms with Gasteiger partial charge in [-0.25, -0.2) is 9.50 Å². The number of rotatable bonds is 2. The number of hydrogen-bond donors (Lipinski definition) is 1. The van der Waals surface area contributed by atoms with Gasteiger partial charge in [-0.15, -0.1) is 0 Å². The maximum Gasteiger partial charge on any atom is 0.276 e. The molecule has 31 heavy (non-hydrogen) atoms. The lowest BCUT2D eigenvalue weighted by Crippen LogP contribution is -2.44. The molecule has 8 nitrogen and oxygen atoms in total. The fraction of sp³-hybridized carbons (Fsp3) is 0.652. The van der Waals surface area contributed by atoms with Crippen LogP contribution in [0.1, 0.15) is 70.0 Å². The molecule has 2 aromatic heterocycles. The molecule has 1 N–H and O–H groups in total. The standard InChI is InChI=1S/C23H31N5O3/c1-13-10-15(13)20(29)27-8-5-6-18(27)16-11-19-24-17-12-26(22(31)23(2,3)4)9-7-14(17)21(30)28(19)25-16/h11,13,15,18,25H,5-10,12H2,1-4H3/t13-,15-,18-/m1/s1. The number of H-pyrrole nitrogens is 1. The number of carbonyl (C=O) groups is 2. The maximum atomic E-state index is 13.2. The Morgan fingerprint density at radius 1 is 1.23 bits per heavy atom. The molecule has 1 saturated carbocycles. The van der Waals surface area contributed by atoms with Crippen molar-refractivity contribution < 1.29 is 9.59 Å². The second kappa shape index (κ2) is 6.93. The fourth-order valence-electron chi connectivity index (χ4n) is 5.06. The van der Waals surface area contributed by atoms with Crippen LogP contribution in [0, 0.1) is 17.3 Å². The number of amides is 2. The van der Waals surface area contributed by atoms with Gasteiger partial charge in [0, 0.05) is 36.1 Å². The molecule has 2 amide bonds. The predicted octanol–water partition coefficient (Wildman–Crippen LogP) is 2.27. The van der Waals surface area contributed by atoms with Crippen molar-refractivity contribution in [2.45, 2.75) is 66.0 Å². The molecule has 0 aromatic carbocycles. The zero-order valence-corrected chi connectivity index (χ0v) is 18.8. The molecule has 1 aliphatic carbocycles. The zero-order chi connectivity index (χ0) is 22.1. The van der Waals surface area contributed by atoms with Crippen molar-refractivity contribution in [1.29, 1.82) is 0 Å². The van der Waals surface area contributed by atoms with Gasteiger partial charge in [0.05, 0.1) is 24.0 Å². The van der Waals surface area contributed by atoms with E-state index in [1.54, 1.807) is 4.90 Å². The molecule has 166 valence electrons. The first kappa shape index (κ1) is 20.3.